The van der Waals surface area contributed by atoms with Gasteiger partial charge in [-0.05, 0) is 50.7 Å². The normalized spacial score (nSPS) is 23.2. The molecule has 3 heteroatoms. The van der Waals surface area contributed by atoms with E-state index in [9.17, 15) is 5.11 Å². The van der Waals surface area contributed by atoms with Crippen LogP contribution in [0.2, 0.25) is 0 Å². The quantitative estimate of drug-likeness (QED) is 0.699. The van der Waals surface area contributed by atoms with Gasteiger partial charge in [0.1, 0.15) is 0 Å². The minimum Gasteiger partial charge on any atom is -0.394 e. The fourth-order valence-electron chi connectivity index (χ4n) is 3.07. The van der Waals surface area contributed by atoms with Gasteiger partial charge < -0.3 is 15.3 Å². The Hall–Kier alpha value is -0.120. The Morgan fingerprint density at radius 2 is 2.06 bits per heavy atom. The molecule has 1 fully saturated rings. The molecule has 2 N–H and O–H groups in total. The van der Waals surface area contributed by atoms with E-state index in [1.54, 1.807) is 0 Å². The monoisotopic (exact) mass is 256 g/mol. The fraction of sp³-hybridized carbons (Fsp3) is 1.00. The highest BCUT2D eigenvalue weighted by atomic mass is 16.3. The van der Waals surface area contributed by atoms with Crippen LogP contribution in [-0.4, -0.2) is 48.3 Å². The molecule has 1 atom stereocenters. The lowest BCUT2D eigenvalue weighted by Gasteiger charge is -2.32. The van der Waals surface area contributed by atoms with Crippen molar-refractivity contribution in [3.63, 3.8) is 0 Å². The molecule has 1 aliphatic heterocycles. The van der Waals surface area contributed by atoms with E-state index >= 15 is 0 Å². The Morgan fingerprint density at radius 1 is 1.33 bits per heavy atom. The molecule has 0 bridgehead atoms. The van der Waals surface area contributed by atoms with Crippen LogP contribution in [0.3, 0.4) is 0 Å². The maximum atomic E-state index is 9.61. The molecule has 1 heterocycles. The molecule has 1 aliphatic rings. The lowest BCUT2D eigenvalue weighted by atomic mass is 9.91. The van der Waals surface area contributed by atoms with E-state index < -0.39 is 0 Å². The second-order valence-corrected chi connectivity index (χ2v) is 6.62. The van der Waals surface area contributed by atoms with Crippen LogP contribution in [0.1, 0.15) is 53.4 Å². The largest absolute Gasteiger partial charge is 0.394 e. The summed E-state index contributed by atoms with van der Waals surface area (Å²) in [6.07, 6.45) is 4.57. The Kier molecular flexibility index (Phi) is 6.09. The molecule has 3 nitrogen and oxygen atoms in total. The van der Waals surface area contributed by atoms with Crippen molar-refractivity contribution in [1.82, 2.24) is 10.2 Å². The molecule has 0 radical (unpaired) electrons. The van der Waals surface area contributed by atoms with Crippen LogP contribution in [-0.2, 0) is 0 Å². The first-order valence-corrected chi connectivity index (χ1v) is 7.55. The molecule has 1 rings (SSSR count). The molecule has 0 aromatic heterocycles. The Balaban J connectivity index is 2.31. The van der Waals surface area contributed by atoms with Gasteiger partial charge >= 0.3 is 0 Å². The van der Waals surface area contributed by atoms with E-state index in [1.165, 1.54) is 32.5 Å². The van der Waals surface area contributed by atoms with Gasteiger partial charge in [-0.1, -0.05) is 27.7 Å². The lowest BCUT2D eigenvalue weighted by Crippen LogP contribution is -2.48. The van der Waals surface area contributed by atoms with Crippen LogP contribution in [0.15, 0.2) is 0 Å². The average Bonchev–Trinajstić information content (AvgIpc) is 2.68. The van der Waals surface area contributed by atoms with E-state index in [0.29, 0.717) is 5.41 Å². The summed E-state index contributed by atoms with van der Waals surface area (Å²) >= 11 is 0. The fourth-order valence-corrected chi connectivity index (χ4v) is 3.07. The number of hydrogen-bond donors (Lipinski definition) is 2. The summed E-state index contributed by atoms with van der Waals surface area (Å²) in [5.74, 6) is 0. The van der Waals surface area contributed by atoms with Crippen molar-refractivity contribution in [3.8, 4) is 0 Å². The van der Waals surface area contributed by atoms with Gasteiger partial charge in [0.15, 0.2) is 0 Å². The molecule has 1 saturated heterocycles. The number of likely N-dealkylation sites (N-methyl/N-ethyl adjacent to an activating group) is 1. The zero-order valence-corrected chi connectivity index (χ0v) is 12.8. The third-order valence-corrected chi connectivity index (χ3v) is 4.42. The minimum atomic E-state index is -0.0516. The van der Waals surface area contributed by atoms with Crippen molar-refractivity contribution in [2.75, 3.05) is 32.8 Å². The number of rotatable bonds is 8. The number of nitrogens with one attached hydrogen (secondary N) is 1. The number of aliphatic hydroxyl groups excluding tert-OH is 1. The molecule has 108 valence electrons. The summed E-state index contributed by atoms with van der Waals surface area (Å²) in [5, 5.41) is 13.1. The highest BCUT2D eigenvalue weighted by Crippen LogP contribution is 2.29. The molecule has 18 heavy (non-hydrogen) atoms. The highest BCUT2D eigenvalue weighted by molar-refractivity contribution is 4.87. The van der Waals surface area contributed by atoms with Crippen LogP contribution in [0, 0.1) is 5.41 Å². The molecular weight excluding hydrogens is 224 g/mol. The minimum absolute atomic E-state index is 0.0516. The molecule has 0 spiro atoms. The molecular formula is C15H32N2O. The smallest absolute Gasteiger partial charge is 0.0613 e. The van der Waals surface area contributed by atoms with Gasteiger partial charge in [0.05, 0.1) is 6.61 Å². The highest BCUT2D eigenvalue weighted by Gasteiger charge is 2.30. The molecule has 1 unspecified atom stereocenters. The predicted octanol–water partition coefficient (Wildman–Crippen LogP) is 2.25. The zero-order valence-electron chi connectivity index (χ0n) is 12.8. The number of hydrogen-bond acceptors (Lipinski definition) is 3. The van der Waals surface area contributed by atoms with Crippen LogP contribution in [0.25, 0.3) is 0 Å². The average molecular weight is 256 g/mol. The van der Waals surface area contributed by atoms with Gasteiger partial charge in [-0.2, -0.15) is 0 Å². The Labute approximate surface area is 113 Å². The first kappa shape index (κ1) is 15.9. The van der Waals surface area contributed by atoms with Gasteiger partial charge in [0.2, 0.25) is 0 Å². The van der Waals surface area contributed by atoms with Crippen molar-refractivity contribution >= 4 is 0 Å². The standard InChI is InChI=1S/C15H32N2O/c1-5-15(13-18,16-6-2)8-7-10-17-11-9-14(3,4)12-17/h16,18H,5-13H2,1-4H3. The summed E-state index contributed by atoms with van der Waals surface area (Å²) < 4.78 is 0. The lowest BCUT2D eigenvalue weighted by molar-refractivity contribution is 0.141. The van der Waals surface area contributed by atoms with Gasteiger partial charge in [0.25, 0.3) is 0 Å². The maximum absolute atomic E-state index is 9.61. The second kappa shape index (κ2) is 6.88. The molecule has 0 amide bonds. The van der Waals surface area contributed by atoms with Crippen molar-refractivity contribution in [1.29, 1.82) is 0 Å². The molecule has 0 aromatic carbocycles. The van der Waals surface area contributed by atoms with E-state index in [1.807, 2.05) is 0 Å². The van der Waals surface area contributed by atoms with Gasteiger partial charge in [0, 0.05) is 12.1 Å². The number of likely N-dealkylation sites (tertiary alicyclic amines) is 1. The van der Waals surface area contributed by atoms with E-state index in [2.05, 4.69) is 37.9 Å². The first-order chi connectivity index (χ1) is 8.47. The van der Waals surface area contributed by atoms with Crippen molar-refractivity contribution in [2.45, 2.75) is 58.9 Å². The Morgan fingerprint density at radius 3 is 2.50 bits per heavy atom. The van der Waals surface area contributed by atoms with Crippen molar-refractivity contribution in [3.05, 3.63) is 0 Å². The molecule has 0 aromatic rings. The number of aliphatic hydroxyl groups is 1. The molecule has 0 aliphatic carbocycles. The van der Waals surface area contributed by atoms with E-state index in [4.69, 9.17) is 0 Å². The summed E-state index contributed by atoms with van der Waals surface area (Å²) in [4.78, 5) is 2.57. The second-order valence-electron chi connectivity index (χ2n) is 6.62. The third kappa shape index (κ3) is 4.52. The van der Waals surface area contributed by atoms with Crippen LogP contribution < -0.4 is 5.32 Å². The van der Waals surface area contributed by atoms with Crippen LogP contribution in [0.5, 0.6) is 0 Å². The third-order valence-electron chi connectivity index (χ3n) is 4.42. The SMILES string of the molecule is CCNC(CC)(CO)CCCN1CCC(C)(C)C1. The summed E-state index contributed by atoms with van der Waals surface area (Å²) in [7, 11) is 0. The maximum Gasteiger partial charge on any atom is 0.0613 e. The summed E-state index contributed by atoms with van der Waals surface area (Å²) in [6, 6.07) is 0. The van der Waals surface area contributed by atoms with Gasteiger partial charge in [-0.15, -0.1) is 0 Å². The Bertz CT molecular complexity index is 237. The van der Waals surface area contributed by atoms with Gasteiger partial charge in [-0.25, -0.2) is 0 Å². The predicted molar refractivity (Wildman–Crippen MR) is 77.9 cm³/mol. The van der Waals surface area contributed by atoms with Crippen LogP contribution >= 0.6 is 0 Å². The summed E-state index contributed by atoms with van der Waals surface area (Å²) in [5.41, 5.74) is 0.449. The van der Waals surface area contributed by atoms with Crippen molar-refractivity contribution in [2.24, 2.45) is 5.41 Å². The van der Waals surface area contributed by atoms with Crippen LogP contribution in [0.4, 0.5) is 0 Å². The summed E-state index contributed by atoms with van der Waals surface area (Å²) in [6.45, 7) is 13.8. The number of nitrogens with zero attached hydrogens (tertiary/aromatic N) is 1. The van der Waals surface area contributed by atoms with Gasteiger partial charge in [-0.3, -0.25) is 0 Å². The zero-order chi connectivity index (χ0) is 13.6. The topological polar surface area (TPSA) is 35.5 Å². The molecule has 0 saturated carbocycles. The first-order valence-electron chi connectivity index (χ1n) is 7.55. The van der Waals surface area contributed by atoms with E-state index in [0.717, 1.165) is 19.4 Å². The van der Waals surface area contributed by atoms with Crippen molar-refractivity contribution < 1.29 is 5.11 Å². The van der Waals surface area contributed by atoms with E-state index in [-0.39, 0.29) is 12.1 Å².